The van der Waals surface area contributed by atoms with E-state index in [0.29, 0.717) is 33.1 Å². The van der Waals surface area contributed by atoms with E-state index >= 15 is 0 Å². The maximum Gasteiger partial charge on any atom is 0.260 e. The zero-order chi connectivity index (χ0) is 21.8. The van der Waals surface area contributed by atoms with Gasteiger partial charge in [0.15, 0.2) is 5.82 Å². The molecule has 4 rings (SSSR count). The van der Waals surface area contributed by atoms with E-state index < -0.39 is 0 Å². The van der Waals surface area contributed by atoms with Crippen LogP contribution in [0.3, 0.4) is 0 Å². The van der Waals surface area contributed by atoms with Gasteiger partial charge in [0.1, 0.15) is 6.07 Å². The fourth-order valence-corrected chi connectivity index (χ4v) is 4.25. The molecule has 148 valence electrons. The van der Waals surface area contributed by atoms with Gasteiger partial charge in [0.25, 0.3) is 5.91 Å². The molecule has 0 bridgehead atoms. The van der Waals surface area contributed by atoms with Gasteiger partial charge in [0.2, 0.25) is 0 Å². The molecule has 0 fully saturated rings. The smallest absolute Gasteiger partial charge is 0.260 e. The van der Waals surface area contributed by atoms with Crippen LogP contribution in [0.15, 0.2) is 58.5 Å². The van der Waals surface area contributed by atoms with E-state index in [1.807, 2.05) is 18.2 Å². The highest BCUT2D eigenvalue weighted by Crippen LogP contribution is 2.43. The van der Waals surface area contributed by atoms with Gasteiger partial charge in [-0.1, -0.05) is 17.7 Å². The molecule has 1 aliphatic rings. The highest BCUT2D eigenvalue weighted by molar-refractivity contribution is 7.99. The maximum absolute atomic E-state index is 13.3. The molecule has 31 heavy (non-hydrogen) atoms. The Kier molecular flexibility index (Phi) is 5.53. The normalized spacial score (nSPS) is 11.7. The number of rotatable bonds is 3. The summed E-state index contributed by atoms with van der Waals surface area (Å²) in [7, 11) is 0. The number of nitriles is 2. The Morgan fingerprint density at radius 2 is 1.97 bits per heavy atom. The van der Waals surface area contributed by atoms with E-state index in [1.165, 1.54) is 18.0 Å². The van der Waals surface area contributed by atoms with Crippen LogP contribution in [0.4, 0.5) is 17.2 Å². The number of carbonyl (C=O) groups is 1. The van der Waals surface area contributed by atoms with E-state index in [-0.39, 0.29) is 12.5 Å². The second-order valence-electron chi connectivity index (χ2n) is 6.46. The molecule has 7 nitrogen and oxygen atoms in total. The summed E-state index contributed by atoms with van der Waals surface area (Å²) in [6.45, 7) is 1.98. The van der Waals surface area contributed by atoms with Crippen LogP contribution in [-0.4, -0.2) is 22.6 Å². The minimum absolute atomic E-state index is 0.171. The van der Waals surface area contributed by atoms with E-state index in [9.17, 15) is 15.3 Å². The second-order valence-corrected chi connectivity index (χ2v) is 7.54. The molecule has 0 saturated heterocycles. The molecule has 0 saturated carbocycles. The lowest BCUT2D eigenvalue weighted by molar-refractivity contribution is 0.0987. The minimum Gasteiger partial charge on any atom is -0.338 e. The molecule has 1 amide bonds. The lowest BCUT2D eigenvalue weighted by atomic mass is 10.1. The molecule has 1 aromatic heterocycles. The number of nitrogens with zero attached hydrogens (tertiary/aromatic N) is 5. The van der Waals surface area contributed by atoms with Crippen LogP contribution < -0.4 is 10.2 Å². The van der Waals surface area contributed by atoms with Crippen molar-refractivity contribution in [3.8, 4) is 24.0 Å². The molecular weight excluding hydrogens is 408 g/mol. The van der Waals surface area contributed by atoms with Crippen molar-refractivity contribution in [1.29, 1.82) is 10.5 Å². The highest BCUT2D eigenvalue weighted by atomic mass is 32.2. The Labute approximate surface area is 183 Å². The summed E-state index contributed by atoms with van der Waals surface area (Å²) in [6.07, 6.45) is 1.46. The molecule has 2 aromatic carbocycles. The third kappa shape index (κ3) is 3.91. The number of carbonyl (C=O) groups excluding carboxylic acids is 1. The van der Waals surface area contributed by atoms with Crippen molar-refractivity contribution < 1.29 is 4.79 Å². The van der Waals surface area contributed by atoms with Gasteiger partial charge in [-0.05, 0) is 49.4 Å². The quantitative estimate of drug-likeness (QED) is 0.634. The SMILES string of the molecule is CC#CCN1C(=O)c2ccc(C#N)cc2Sc2cc(Nc3nnccc3C#N)ccc21. The van der Waals surface area contributed by atoms with Gasteiger partial charge in [0, 0.05) is 15.5 Å². The first kappa shape index (κ1) is 20.0. The molecule has 0 atom stereocenters. The first-order valence-electron chi connectivity index (χ1n) is 9.21. The summed E-state index contributed by atoms with van der Waals surface area (Å²) >= 11 is 1.41. The van der Waals surface area contributed by atoms with Gasteiger partial charge in [-0.15, -0.1) is 11.0 Å². The van der Waals surface area contributed by atoms with Gasteiger partial charge < -0.3 is 5.32 Å². The number of hydrogen-bond donors (Lipinski definition) is 1. The zero-order valence-electron chi connectivity index (χ0n) is 16.4. The Hall–Kier alpha value is -4.32. The lowest BCUT2D eigenvalue weighted by Crippen LogP contribution is -2.31. The number of aromatic nitrogens is 2. The topological polar surface area (TPSA) is 106 Å². The van der Waals surface area contributed by atoms with Crippen molar-refractivity contribution in [1.82, 2.24) is 10.2 Å². The summed E-state index contributed by atoms with van der Waals surface area (Å²) in [5, 5.41) is 29.5. The van der Waals surface area contributed by atoms with Crippen LogP contribution in [0.2, 0.25) is 0 Å². The highest BCUT2D eigenvalue weighted by Gasteiger charge is 2.27. The van der Waals surface area contributed by atoms with Crippen molar-refractivity contribution in [3.63, 3.8) is 0 Å². The number of anilines is 3. The van der Waals surface area contributed by atoms with Crippen molar-refractivity contribution >= 4 is 34.9 Å². The van der Waals surface area contributed by atoms with Gasteiger partial charge in [-0.25, -0.2) is 0 Å². The number of benzene rings is 2. The van der Waals surface area contributed by atoms with E-state index in [4.69, 9.17) is 0 Å². The van der Waals surface area contributed by atoms with Crippen molar-refractivity contribution in [2.75, 3.05) is 16.8 Å². The summed E-state index contributed by atoms with van der Waals surface area (Å²) < 4.78 is 0. The van der Waals surface area contributed by atoms with Gasteiger partial charge >= 0.3 is 0 Å². The minimum atomic E-state index is -0.171. The van der Waals surface area contributed by atoms with Crippen molar-refractivity contribution in [3.05, 3.63) is 65.4 Å². The molecule has 1 N–H and O–H groups in total. The maximum atomic E-state index is 13.3. The molecule has 2 heterocycles. The van der Waals surface area contributed by atoms with Crippen LogP contribution in [-0.2, 0) is 0 Å². The van der Waals surface area contributed by atoms with Gasteiger partial charge in [-0.3, -0.25) is 9.69 Å². The molecule has 0 aliphatic carbocycles. The number of amides is 1. The first-order valence-corrected chi connectivity index (χ1v) is 10.0. The van der Waals surface area contributed by atoms with Crippen LogP contribution >= 0.6 is 11.8 Å². The summed E-state index contributed by atoms with van der Waals surface area (Å²) in [6, 6.07) is 16.3. The monoisotopic (exact) mass is 422 g/mol. The van der Waals surface area contributed by atoms with Crippen LogP contribution in [0.25, 0.3) is 0 Å². The number of hydrogen-bond acceptors (Lipinski definition) is 7. The molecule has 0 unspecified atom stereocenters. The molecule has 1 aliphatic heterocycles. The Balaban J connectivity index is 1.81. The molecule has 0 spiro atoms. The largest absolute Gasteiger partial charge is 0.338 e. The Morgan fingerprint density at radius 1 is 1.10 bits per heavy atom. The van der Waals surface area contributed by atoms with Crippen LogP contribution in [0.5, 0.6) is 0 Å². The standard InChI is InChI=1S/C23H14N6OS/c1-2-3-10-29-19-7-5-17(27-22-16(14-25)8-9-26-28-22)12-21(19)31-20-11-15(13-24)4-6-18(20)23(29)30/h4-9,11-12H,10H2,1H3,(H,27,28). The first-order chi connectivity index (χ1) is 15.1. The third-order valence-corrected chi connectivity index (χ3v) is 5.68. The van der Waals surface area contributed by atoms with Crippen molar-refractivity contribution in [2.24, 2.45) is 0 Å². The molecule has 0 radical (unpaired) electrons. The predicted molar refractivity (Wildman–Crippen MR) is 117 cm³/mol. The number of fused-ring (bicyclic) bond motifs is 2. The second kappa shape index (κ2) is 8.59. The number of nitrogens with one attached hydrogen (secondary N) is 1. The average molecular weight is 422 g/mol. The molecular formula is C23H14N6OS. The Morgan fingerprint density at radius 3 is 2.74 bits per heavy atom. The summed E-state index contributed by atoms with van der Waals surface area (Å²) in [5.74, 6) is 5.97. The summed E-state index contributed by atoms with van der Waals surface area (Å²) in [4.78, 5) is 16.4. The lowest BCUT2D eigenvalue weighted by Gasteiger charge is -2.21. The van der Waals surface area contributed by atoms with Gasteiger partial charge in [-0.2, -0.15) is 15.6 Å². The molecule has 3 aromatic rings. The Bertz CT molecular complexity index is 1340. The van der Waals surface area contributed by atoms with Gasteiger partial charge in [0.05, 0.1) is 41.2 Å². The molecule has 8 heteroatoms. The van der Waals surface area contributed by atoms with E-state index in [1.54, 1.807) is 36.1 Å². The summed E-state index contributed by atoms with van der Waals surface area (Å²) in [5.41, 5.74) is 2.79. The van der Waals surface area contributed by atoms with E-state index in [0.717, 1.165) is 10.6 Å². The third-order valence-electron chi connectivity index (χ3n) is 4.57. The fraction of sp³-hybridized carbons (Fsp3) is 0.0870. The van der Waals surface area contributed by atoms with Crippen molar-refractivity contribution in [2.45, 2.75) is 16.7 Å². The zero-order valence-corrected chi connectivity index (χ0v) is 17.2. The fourth-order valence-electron chi connectivity index (χ4n) is 3.09. The van der Waals surface area contributed by atoms with Crippen LogP contribution in [0, 0.1) is 34.5 Å². The van der Waals surface area contributed by atoms with E-state index in [2.05, 4.69) is 39.5 Å². The predicted octanol–water partition coefficient (Wildman–Crippen LogP) is 4.10. The van der Waals surface area contributed by atoms with Crippen LogP contribution in [0.1, 0.15) is 28.4 Å². The average Bonchev–Trinajstić information content (AvgIpc) is 2.91.